The Kier molecular flexibility index (Phi) is 3.83. The van der Waals surface area contributed by atoms with E-state index >= 15 is 0 Å². The summed E-state index contributed by atoms with van der Waals surface area (Å²) in [6.07, 6.45) is 0. The number of benzene rings is 2. The number of H-pyrrole nitrogens is 1. The summed E-state index contributed by atoms with van der Waals surface area (Å²) in [5, 5.41) is 19.3. The maximum Gasteiger partial charge on any atom is 0.280 e. The quantitative estimate of drug-likeness (QED) is 0.650. The summed E-state index contributed by atoms with van der Waals surface area (Å²) in [7, 11) is 0. The fraction of sp³-hybridized carbons (Fsp3) is 0. The summed E-state index contributed by atoms with van der Waals surface area (Å²) < 4.78 is 0. The highest BCUT2D eigenvalue weighted by atomic mass is 35.5. The number of pyridine rings is 1. The van der Waals surface area contributed by atoms with Crippen molar-refractivity contribution < 1.29 is 5.11 Å². The summed E-state index contributed by atoms with van der Waals surface area (Å²) in [4.78, 5) is 14.6. The molecular weight excluding hydrogens is 325 g/mol. The van der Waals surface area contributed by atoms with Gasteiger partial charge in [0.05, 0.1) is 11.2 Å². The van der Waals surface area contributed by atoms with E-state index in [9.17, 15) is 9.90 Å². The van der Waals surface area contributed by atoms with Crippen LogP contribution in [0.25, 0.3) is 10.9 Å². The summed E-state index contributed by atoms with van der Waals surface area (Å²) in [6, 6.07) is 11.4. The van der Waals surface area contributed by atoms with Crippen LogP contribution in [0.1, 0.15) is 0 Å². The van der Waals surface area contributed by atoms with Crippen LogP contribution in [-0.2, 0) is 0 Å². The van der Waals surface area contributed by atoms with Crippen LogP contribution in [0, 0.1) is 0 Å². The zero-order valence-electron chi connectivity index (χ0n) is 11.0. The van der Waals surface area contributed by atoms with Gasteiger partial charge in [-0.05, 0) is 36.4 Å². The zero-order valence-corrected chi connectivity index (χ0v) is 12.6. The van der Waals surface area contributed by atoms with Gasteiger partial charge in [0.2, 0.25) is 0 Å². The molecule has 0 fully saturated rings. The average Bonchev–Trinajstić information content (AvgIpc) is 2.46. The Labute approximate surface area is 134 Å². The second-order valence-corrected chi connectivity index (χ2v) is 5.39. The number of hydrogen-bond acceptors (Lipinski definition) is 4. The highest BCUT2D eigenvalue weighted by Gasteiger charge is 2.11. The van der Waals surface area contributed by atoms with Crippen molar-refractivity contribution in [3.63, 3.8) is 0 Å². The van der Waals surface area contributed by atoms with Crippen LogP contribution in [0.4, 0.5) is 11.4 Å². The van der Waals surface area contributed by atoms with Gasteiger partial charge < -0.3 is 10.1 Å². The molecule has 110 valence electrons. The van der Waals surface area contributed by atoms with Gasteiger partial charge in [-0.15, -0.1) is 5.11 Å². The molecular formula is C15H9Cl2N3O2. The van der Waals surface area contributed by atoms with E-state index < -0.39 is 5.56 Å². The molecule has 0 aliphatic carbocycles. The van der Waals surface area contributed by atoms with E-state index in [4.69, 9.17) is 23.2 Å². The van der Waals surface area contributed by atoms with Crippen molar-refractivity contribution in [1.82, 2.24) is 4.98 Å². The van der Waals surface area contributed by atoms with Crippen molar-refractivity contribution in [3.05, 3.63) is 62.9 Å². The number of hydrogen-bond donors (Lipinski definition) is 2. The van der Waals surface area contributed by atoms with Crippen molar-refractivity contribution in [2.24, 2.45) is 10.2 Å². The zero-order chi connectivity index (χ0) is 15.7. The number of azo groups is 1. The van der Waals surface area contributed by atoms with E-state index in [2.05, 4.69) is 15.2 Å². The molecule has 0 atom stereocenters. The van der Waals surface area contributed by atoms with E-state index in [1.54, 1.807) is 42.5 Å². The maximum atomic E-state index is 12.0. The molecule has 0 aliphatic rings. The number of aromatic hydroxyl groups is 1. The van der Waals surface area contributed by atoms with Crippen molar-refractivity contribution in [2.75, 3.05) is 0 Å². The van der Waals surface area contributed by atoms with Crippen LogP contribution >= 0.6 is 23.2 Å². The Morgan fingerprint density at radius 1 is 1.00 bits per heavy atom. The molecule has 0 bridgehead atoms. The molecule has 0 amide bonds. The van der Waals surface area contributed by atoms with Crippen LogP contribution < -0.4 is 5.56 Å². The number of nitrogens with one attached hydrogen (secondary N) is 1. The SMILES string of the molecule is O=c1[nH]c2cc(Cl)ccc2c(O)c1N=Nc1cccc(Cl)c1. The largest absolute Gasteiger partial charge is 0.505 e. The number of fused-ring (bicyclic) bond motifs is 1. The third kappa shape index (κ3) is 2.81. The lowest BCUT2D eigenvalue weighted by Gasteiger charge is -2.03. The summed E-state index contributed by atoms with van der Waals surface area (Å²) in [5.41, 5.74) is 0.173. The predicted octanol–water partition coefficient (Wildman–Crippen LogP) is 4.96. The highest BCUT2D eigenvalue weighted by molar-refractivity contribution is 6.31. The van der Waals surface area contributed by atoms with Gasteiger partial charge >= 0.3 is 0 Å². The van der Waals surface area contributed by atoms with Gasteiger partial charge in [-0.3, -0.25) is 4.79 Å². The third-order valence-electron chi connectivity index (χ3n) is 3.00. The van der Waals surface area contributed by atoms with Crippen LogP contribution in [0.15, 0.2) is 57.5 Å². The van der Waals surface area contributed by atoms with Crippen LogP contribution in [0.2, 0.25) is 10.0 Å². The first-order valence-corrected chi connectivity index (χ1v) is 7.02. The molecule has 0 radical (unpaired) electrons. The number of halogens is 2. The van der Waals surface area contributed by atoms with Gasteiger partial charge in [0.1, 0.15) is 0 Å². The molecule has 0 spiro atoms. The second-order valence-electron chi connectivity index (χ2n) is 4.52. The van der Waals surface area contributed by atoms with Gasteiger partial charge in [-0.2, -0.15) is 5.11 Å². The van der Waals surface area contributed by atoms with Gasteiger partial charge in [0.15, 0.2) is 11.4 Å². The third-order valence-corrected chi connectivity index (χ3v) is 3.47. The van der Waals surface area contributed by atoms with E-state index in [0.717, 1.165) is 0 Å². The molecule has 2 N–H and O–H groups in total. The van der Waals surface area contributed by atoms with Gasteiger partial charge in [-0.1, -0.05) is 29.3 Å². The van der Waals surface area contributed by atoms with E-state index in [0.29, 0.717) is 26.6 Å². The fourth-order valence-electron chi connectivity index (χ4n) is 1.98. The topological polar surface area (TPSA) is 77.8 Å². The van der Waals surface area contributed by atoms with Crippen molar-refractivity contribution in [1.29, 1.82) is 0 Å². The average molecular weight is 334 g/mol. The van der Waals surface area contributed by atoms with Crippen LogP contribution in [-0.4, -0.2) is 10.1 Å². The molecule has 1 heterocycles. The summed E-state index contributed by atoms with van der Waals surface area (Å²) >= 11 is 11.7. The van der Waals surface area contributed by atoms with Crippen molar-refractivity contribution >= 4 is 45.5 Å². The molecule has 0 saturated carbocycles. The fourth-order valence-corrected chi connectivity index (χ4v) is 2.34. The molecule has 1 aromatic heterocycles. The molecule has 0 saturated heterocycles. The molecule has 5 nitrogen and oxygen atoms in total. The lowest BCUT2D eigenvalue weighted by molar-refractivity contribution is 0.481. The van der Waals surface area contributed by atoms with Gasteiger partial charge in [0, 0.05) is 15.4 Å². The Morgan fingerprint density at radius 2 is 1.77 bits per heavy atom. The molecule has 0 aliphatic heterocycles. The molecule has 0 unspecified atom stereocenters. The Hall–Kier alpha value is -2.37. The Balaban J connectivity index is 2.11. The van der Waals surface area contributed by atoms with Crippen molar-refractivity contribution in [2.45, 2.75) is 0 Å². The summed E-state index contributed by atoms with van der Waals surface area (Å²) in [5.74, 6) is -0.249. The standard InChI is InChI=1S/C15H9Cl2N3O2/c16-8-2-1-3-10(6-8)19-20-13-14(21)11-5-4-9(17)7-12(11)18-15(13)22/h1-7H,(H2,18,21,22). The van der Waals surface area contributed by atoms with Gasteiger partial charge in [-0.25, -0.2) is 0 Å². The Bertz CT molecular complexity index is 951. The van der Waals surface area contributed by atoms with Crippen molar-refractivity contribution in [3.8, 4) is 5.75 Å². The molecule has 22 heavy (non-hydrogen) atoms. The number of nitrogens with zero attached hydrogens (tertiary/aromatic N) is 2. The minimum atomic E-state index is -0.557. The van der Waals surface area contributed by atoms with E-state index in [-0.39, 0.29) is 11.4 Å². The second kappa shape index (κ2) is 5.79. The first kappa shape index (κ1) is 14.6. The molecule has 3 rings (SSSR count). The lowest BCUT2D eigenvalue weighted by Crippen LogP contribution is -2.05. The monoisotopic (exact) mass is 333 g/mol. The highest BCUT2D eigenvalue weighted by Crippen LogP contribution is 2.32. The van der Waals surface area contributed by atoms with Crippen LogP contribution in [0.3, 0.4) is 0 Å². The van der Waals surface area contributed by atoms with Crippen LogP contribution in [0.5, 0.6) is 5.75 Å². The maximum absolute atomic E-state index is 12.0. The minimum Gasteiger partial charge on any atom is -0.505 e. The van der Waals surface area contributed by atoms with E-state index in [1.807, 2.05) is 0 Å². The normalized spacial score (nSPS) is 11.4. The number of rotatable bonds is 2. The number of aromatic amines is 1. The predicted molar refractivity (Wildman–Crippen MR) is 86.9 cm³/mol. The summed E-state index contributed by atoms with van der Waals surface area (Å²) in [6.45, 7) is 0. The van der Waals surface area contributed by atoms with E-state index in [1.165, 1.54) is 0 Å². The first-order chi connectivity index (χ1) is 10.5. The smallest absolute Gasteiger partial charge is 0.280 e. The molecule has 2 aromatic carbocycles. The lowest BCUT2D eigenvalue weighted by atomic mass is 10.2. The molecule has 3 aromatic rings. The molecule has 7 heteroatoms. The number of aromatic nitrogens is 1. The Morgan fingerprint density at radius 3 is 2.55 bits per heavy atom. The van der Waals surface area contributed by atoms with Gasteiger partial charge in [0.25, 0.3) is 5.56 Å². The first-order valence-electron chi connectivity index (χ1n) is 6.26. The minimum absolute atomic E-state index is 0.171.